The highest BCUT2D eigenvalue weighted by atomic mass is 32.1. The molecule has 0 unspecified atom stereocenters. The first kappa shape index (κ1) is 24.0. The Morgan fingerprint density at radius 1 is 0.944 bits per heavy atom. The Hall–Kier alpha value is -3.75. The molecule has 0 saturated carbocycles. The number of ether oxygens (including phenoxy) is 2. The number of hydrogen-bond donors (Lipinski definition) is 1. The second kappa shape index (κ2) is 10.9. The van der Waals surface area contributed by atoms with Crippen LogP contribution in [0.1, 0.15) is 37.7 Å². The van der Waals surface area contributed by atoms with E-state index in [2.05, 4.69) is 46.4 Å². The van der Waals surface area contributed by atoms with E-state index in [0.717, 1.165) is 34.2 Å². The Kier molecular flexibility index (Phi) is 7.25. The fourth-order valence-corrected chi connectivity index (χ4v) is 4.79. The minimum atomic E-state index is -0.301. The van der Waals surface area contributed by atoms with E-state index in [1.54, 1.807) is 17.5 Å². The number of halogens is 1. The van der Waals surface area contributed by atoms with Gasteiger partial charge in [0.2, 0.25) is 6.79 Å². The molecule has 184 valence electrons. The summed E-state index contributed by atoms with van der Waals surface area (Å²) in [6.45, 7) is 4.66. The van der Waals surface area contributed by atoms with E-state index in [1.807, 2.05) is 18.2 Å². The van der Waals surface area contributed by atoms with E-state index in [4.69, 9.17) is 9.47 Å². The number of carbonyl (C=O) groups is 1. The van der Waals surface area contributed by atoms with Crippen molar-refractivity contribution in [1.82, 2.24) is 15.2 Å². The molecule has 2 heterocycles. The van der Waals surface area contributed by atoms with Crippen molar-refractivity contribution >= 4 is 17.2 Å². The highest BCUT2D eigenvalue weighted by Crippen LogP contribution is 2.33. The van der Waals surface area contributed by atoms with E-state index in [9.17, 15) is 9.18 Å². The van der Waals surface area contributed by atoms with Gasteiger partial charge in [0, 0.05) is 25.0 Å². The van der Waals surface area contributed by atoms with Crippen molar-refractivity contribution in [2.24, 2.45) is 0 Å². The number of rotatable bonds is 9. The molecule has 3 aromatic carbocycles. The van der Waals surface area contributed by atoms with E-state index in [0.29, 0.717) is 25.3 Å². The van der Waals surface area contributed by atoms with Gasteiger partial charge in [0.05, 0.1) is 6.54 Å². The highest BCUT2D eigenvalue weighted by molar-refractivity contribution is 7.09. The number of thiazole rings is 1. The molecule has 5 rings (SSSR count). The van der Waals surface area contributed by atoms with Crippen LogP contribution in [-0.4, -0.2) is 22.6 Å². The van der Waals surface area contributed by atoms with Crippen LogP contribution in [0.3, 0.4) is 0 Å². The van der Waals surface area contributed by atoms with Gasteiger partial charge in [-0.1, -0.05) is 48.0 Å². The second-order valence-corrected chi connectivity index (χ2v) is 9.70. The van der Waals surface area contributed by atoms with E-state index >= 15 is 0 Å². The quantitative estimate of drug-likeness (QED) is 0.329. The minimum Gasteiger partial charge on any atom is -0.454 e. The number of fused-ring (bicyclic) bond motifs is 1. The van der Waals surface area contributed by atoms with Crippen LogP contribution in [-0.2, 0) is 26.2 Å². The summed E-state index contributed by atoms with van der Waals surface area (Å²) in [5, 5.41) is 5.49. The molecule has 0 bridgehead atoms. The van der Waals surface area contributed by atoms with Crippen LogP contribution in [0.15, 0.2) is 72.1 Å². The van der Waals surface area contributed by atoms with Crippen molar-refractivity contribution in [3.8, 4) is 11.5 Å². The minimum absolute atomic E-state index is 0.247. The maximum Gasteiger partial charge on any atom is 0.271 e. The summed E-state index contributed by atoms with van der Waals surface area (Å²) in [5.41, 5.74) is 4.75. The van der Waals surface area contributed by atoms with E-state index in [1.165, 1.54) is 34.6 Å². The number of aryl methyl sites for hydroxylation is 1. The summed E-state index contributed by atoms with van der Waals surface area (Å²) in [4.78, 5) is 19.5. The fourth-order valence-electron chi connectivity index (χ4n) is 3.97. The number of hydrogen-bond acceptors (Lipinski definition) is 6. The third-order valence-corrected chi connectivity index (χ3v) is 6.71. The lowest BCUT2D eigenvalue weighted by atomic mass is 10.1. The molecule has 36 heavy (non-hydrogen) atoms. The van der Waals surface area contributed by atoms with Gasteiger partial charge < -0.3 is 14.8 Å². The molecule has 1 N–H and O–H groups in total. The highest BCUT2D eigenvalue weighted by Gasteiger charge is 2.17. The number of carbonyl (C=O) groups excluding carboxylic acids is 1. The Morgan fingerprint density at radius 3 is 2.44 bits per heavy atom. The van der Waals surface area contributed by atoms with Crippen molar-refractivity contribution in [1.29, 1.82) is 0 Å². The molecule has 1 aliphatic rings. The molecular formula is C28H26FN3O3S. The van der Waals surface area contributed by atoms with Gasteiger partial charge in [-0.15, -0.1) is 11.3 Å². The number of nitrogens with zero attached hydrogens (tertiary/aromatic N) is 2. The predicted molar refractivity (Wildman–Crippen MR) is 136 cm³/mol. The van der Waals surface area contributed by atoms with Crippen LogP contribution in [0, 0.1) is 12.7 Å². The lowest BCUT2D eigenvalue weighted by molar-refractivity contribution is 0.0946. The number of aromatic nitrogens is 1. The Bertz CT molecular complexity index is 1340. The molecule has 1 aliphatic heterocycles. The zero-order valence-corrected chi connectivity index (χ0v) is 20.7. The van der Waals surface area contributed by atoms with Crippen molar-refractivity contribution < 1.29 is 18.7 Å². The number of amides is 1. The summed E-state index contributed by atoms with van der Waals surface area (Å²) in [6.07, 6.45) is 0. The fraction of sp³-hybridized carbons (Fsp3) is 0.214. The van der Waals surface area contributed by atoms with Crippen molar-refractivity contribution in [3.05, 3.63) is 111 Å². The first-order chi connectivity index (χ1) is 17.5. The average Bonchev–Trinajstić information content (AvgIpc) is 3.54. The first-order valence-corrected chi connectivity index (χ1v) is 12.5. The maximum absolute atomic E-state index is 13.1. The third-order valence-electron chi connectivity index (χ3n) is 5.88. The smallest absolute Gasteiger partial charge is 0.271 e. The second-order valence-electron chi connectivity index (χ2n) is 8.75. The Morgan fingerprint density at radius 2 is 1.64 bits per heavy atom. The monoisotopic (exact) mass is 503 g/mol. The van der Waals surface area contributed by atoms with Gasteiger partial charge >= 0.3 is 0 Å². The number of nitrogens with one attached hydrogen (secondary N) is 1. The Balaban J connectivity index is 1.27. The summed E-state index contributed by atoms with van der Waals surface area (Å²) >= 11 is 1.47. The first-order valence-electron chi connectivity index (χ1n) is 11.7. The molecule has 8 heteroatoms. The zero-order valence-electron chi connectivity index (χ0n) is 19.9. The van der Waals surface area contributed by atoms with Gasteiger partial charge in [-0.2, -0.15) is 0 Å². The van der Waals surface area contributed by atoms with Crippen molar-refractivity contribution in [3.63, 3.8) is 0 Å². The summed E-state index contributed by atoms with van der Waals surface area (Å²) in [5.74, 6) is 0.977. The Labute approximate surface area is 213 Å². The lowest BCUT2D eigenvalue weighted by Crippen LogP contribution is -2.24. The van der Waals surface area contributed by atoms with Gasteiger partial charge in [-0.25, -0.2) is 9.37 Å². The predicted octanol–water partition coefficient (Wildman–Crippen LogP) is 5.45. The van der Waals surface area contributed by atoms with Gasteiger partial charge in [0.15, 0.2) is 11.5 Å². The topological polar surface area (TPSA) is 63.7 Å². The van der Waals surface area contributed by atoms with Crippen molar-refractivity contribution in [2.45, 2.75) is 33.1 Å². The molecule has 0 spiro atoms. The van der Waals surface area contributed by atoms with Crippen molar-refractivity contribution in [2.75, 3.05) is 6.79 Å². The lowest BCUT2D eigenvalue weighted by Gasteiger charge is -2.22. The molecule has 0 atom stereocenters. The molecule has 4 aromatic rings. The standard InChI is InChI=1S/C28H26FN3O3S/c1-19-2-4-21(5-3-19)14-32(15-22-8-11-25-26(12-22)35-18-34-25)16-27-31-24(17-36-27)28(33)30-13-20-6-9-23(29)10-7-20/h2-12,17H,13-16,18H2,1H3,(H,30,33). The zero-order chi connectivity index (χ0) is 24.9. The van der Waals surface area contributed by atoms with E-state index < -0.39 is 0 Å². The molecule has 1 aromatic heterocycles. The third kappa shape index (κ3) is 6.08. The van der Waals surface area contributed by atoms with Gasteiger partial charge in [-0.3, -0.25) is 9.69 Å². The normalized spacial score (nSPS) is 12.2. The van der Waals surface area contributed by atoms with Crippen LogP contribution in [0.2, 0.25) is 0 Å². The largest absolute Gasteiger partial charge is 0.454 e. The summed E-state index contributed by atoms with van der Waals surface area (Å²) in [6, 6.07) is 20.6. The van der Waals surface area contributed by atoms with Crippen LogP contribution in [0.5, 0.6) is 11.5 Å². The molecule has 0 saturated heterocycles. The summed E-state index contributed by atoms with van der Waals surface area (Å²) < 4.78 is 24.1. The van der Waals surface area contributed by atoms with Crippen LogP contribution < -0.4 is 14.8 Å². The molecule has 0 radical (unpaired) electrons. The van der Waals surface area contributed by atoms with Gasteiger partial charge in [0.1, 0.15) is 16.5 Å². The average molecular weight is 504 g/mol. The van der Waals surface area contributed by atoms with E-state index in [-0.39, 0.29) is 18.5 Å². The number of benzene rings is 3. The summed E-state index contributed by atoms with van der Waals surface area (Å²) in [7, 11) is 0. The van der Waals surface area contributed by atoms with Crippen LogP contribution in [0.25, 0.3) is 0 Å². The SMILES string of the molecule is Cc1ccc(CN(Cc2ccc3c(c2)OCO3)Cc2nc(C(=O)NCc3ccc(F)cc3)cs2)cc1. The molecule has 6 nitrogen and oxygen atoms in total. The van der Waals surface area contributed by atoms with Gasteiger partial charge in [0.25, 0.3) is 5.91 Å². The van der Waals surface area contributed by atoms with Gasteiger partial charge in [-0.05, 0) is 47.9 Å². The van der Waals surface area contributed by atoms with Crippen LogP contribution in [0.4, 0.5) is 4.39 Å². The molecule has 0 aliphatic carbocycles. The molecule has 1 amide bonds. The molecular weight excluding hydrogens is 477 g/mol. The maximum atomic E-state index is 13.1. The molecule has 0 fully saturated rings. The van der Waals surface area contributed by atoms with Crippen LogP contribution >= 0.6 is 11.3 Å².